The molecule has 2 atom stereocenters. The second-order valence-electron chi connectivity index (χ2n) is 8.27. The maximum Gasteiger partial charge on any atom is 0.265 e. The predicted molar refractivity (Wildman–Crippen MR) is 120 cm³/mol. The number of carbonyl (C=O) groups excluding carboxylic acids is 2. The standard InChI is InChI=1S/C23H27N3O5S/c1-15-11-19-20(31-16(2)22(27)25-19)12-21(15)32(29,30)26-10-6-9-18(14-26)23(28)24-13-17-7-4-3-5-8-17/h3-5,7-8,11-12,16,18H,6,9-10,13-14H2,1-2H3,(H,24,28)(H,25,27)/t16-,18-/m0/s1. The van der Waals surface area contributed by atoms with Gasteiger partial charge in [-0.2, -0.15) is 4.31 Å². The third-order valence-electron chi connectivity index (χ3n) is 5.89. The minimum Gasteiger partial charge on any atom is -0.479 e. The van der Waals surface area contributed by atoms with Crippen molar-refractivity contribution in [2.45, 2.75) is 44.2 Å². The molecule has 2 heterocycles. The minimum atomic E-state index is -3.83. The summed E-state index contributed by atoms with van der Waals surface area (Å²) in [6.45, 7) is 4.19. The lowest BCUT2D eigenvalue weighted by molar-refractivity contribution is -0.126. The number of hydrogen-bond acceptors (Lipinski definition) is 5. The van der Waals surface area contributed by atoms with Crippen LogP contribution in [0.3, 0.4) is 0 Å². The van der Waals surface area contributed by atoms with Gasteiger partial charge in [-0.25, -0.2) is 8.42 Å². The third-order valence-corrected chi connectivity index (χ3v) is 7.90. The summed E-state index contributed by atoms with van der Waals surface area (Å²) in [5, 5.41) is 5.65. The van der Waals surface area contributed by atoms with Gasteiger partial charge in [0.1, 0.15) is 5.75 Å². The number of piperidine rings is 1. The molecule has 2 aromatic carbocycles. The van der Waals surface area contributed by atoms with E-state index in [1.54, 1.807) is 19.9 Å². The van der Waals surface area contributed by atoms with E-state index in [4.69, 9.17) is 4.74 Å². The number of rotatable bonds is 5. The van der Waals surface area contributed by atoms with Crippen molar-refractivity contribution in [3.05, 3.63) is 53.6 Å². The molecule has 1 saturated heterocycles. The lowest BCUT2D eigenvalue weighted by Crippen LogP contribution is -2.45. The number of hydrogen-bond donors (Lipinski definition) is 2. The first-order valence-corrected chi connectivity index (χ1v) is 12.1. The van der Waals surface area contributed by atoms with Crippen LogP contribution in [0.25, 0.3) is 0 Å². The van der Waals surface area contributed by atoms with Gasteiger partial charge in [-0.05, 0) is 43.9 Å². The number of carbonyl (C=O) groups is 2. The molecule has 170 valence electrons. The maximum atomic E-state index is 13.4. The van der Waals surface area contributed by atoms with Crippen LogP contribution in [0.2, 0.25) is 0 Å². The van der Waals surface area contributed by atoms with Crippen LogP contribution in [-0.2, 0) is 26.2 Å². The van der Waals surface area contributed by atoms with E-state index in [0.29, 0.717) is 42.9 Å². The van der Waals surface area contributed by atoms with Gasteiger partial charge in [0.05, 0.1) is 16.5 Å². The van der Waals surface area contributed by atoms with E-state index in [-0.39, 0.29) is 23.3 Å². The molecule has 1 fully saturated rings. The Bertz CT molecular complexity index is 1130. The molecule has 2 N–H and O–H groups in total. The lowest BCUT2D eigenvalue weighted by Gasteiger charge is -2.32. The molecule has 0 aliphatic carbocycles. The monoisotopic (exact) mass is 457 g/mol. The van der Waals surface area contributed by atoms with Crippen LogP contribution in [0.5, 0.6) is 5.75 Å². The van der Waals surface area contributed by atoms with Crippen molar-refractivity contribution in [1.29, 1.82) is 0 Å². The van der Waals surface area contributed by atoms with Gasteiger partial charge < -0.3 is 15.4 Å². The van der Waals surface area contributed by atoms with Gasteiger partial charge in [-0.3, -0.25) is 9.59 Å². The van der Waals surface area contributed by atoms with Crippen molar-refractivity contribution in [3.8, 4) is 5.75 Å². The van der Waals surface area contributed by atoms with Gasteiger partial charge in [0.15, 0.2) is 6.10 Å². The Labute approximate surface area is 188 Å². The zero-order chi connectivity index (χ0) is 22.9. The highest BCUT2D eigenvalue weighted by molar-refractivity contribution is 7.89. The lowest BCUT2D eigenvalue weighted by atomic mass is 9.99. The number of fused-ring (bicyclic) bond motifs is 1. The number of aryl methyl sites for hydroxylation is 1. The molecule has 2 aliphatic rings. The Hall–Kier alpha value is -2.91. The van der Waals surface area contributed by atoms with Crippen molar-refractivity contribution in [1.82, 2.24) is 9.62 Å². The molecule has 2 aromatic rings. The van der Waals surface area contributed by atoms with Crippen LogP contribution in [-0.4, -0.2) is 43.7 Å². The first-order valence-electron chi connectivity index (χ1n) is 10.7. The van der Waals surface area contributed by atoms with Gasteiger partial charge in [0.25, 0.3) is 5.91 Å². The van der Waals surface area contributed by atoms with E-state index < -0.39 is 22.0 Å². The molecule has 0 unspecified atom stereocenters. The highest BCUT2D eigenvalue weighted by Gasteiger charge is 2.35. The van der Waals surface area contributed by atoms with Crippen LogP contribution in [0.1, 0.15) is 30.9 Å². The molecule has 0 saturated carbocycles. The summed E-state index contributed by atoms with van der Waals surface area (Å²) in [4.78, 5) is 24.7. The third kappa shape index (κ3) is 4.49. The summed E-state index contributed by atoms with van der Waals surface area (Å²) in [6.07, 6.45) is 0.548. The first kappa shape index (κ1) is 22.3. The van der Waals surface area contributed by atoms with Crippen LogP contribution >= 0.6 is 0 Å². The molecule has 4 rings (SSSR count). The average Bonchev–Trinajstić information content (AvgIpc) is 2.79. The fraction of sp³-hybridized carbons (Fsp3) is 0.391. The summed E-state index contributed by atoms with van der Waals surface area (Å²) in [6, 6.07) is 12.7. The molecule has 2 aliphatic heterocycles. The molecule has 0 spiro atoms. The molecule has 2 amide bonds. The molecule has 0 aromatic heterocycles. The fourth-order valence-electron chi connectivity index (χ4n) is 4.06. The second-order valence-corrected chi connectivity index (χ2v) is 10.2. The van der Waals surface area contributed by atoms with Crippen molar-refractivity contribution in [2.24, 2.45) is 5.92 Å². The number of ether oxygens (including phenoxy) is 1. The topological polar surface area (TPSA) is 105 Å². The van der Waals surface area contributed by atoms with E-state index in [2.05, 4.69) is 10.6 Å². The SMILES string of the molecule is Cc1cc2c(cc1S(=O)(=O)N1CCC[C@H](C(=O)NCc3ccccc3)C1)O[C@@H](C)C(=O)N2. The number of nitrogens with zero attached hydrogens (tertiary/aromatic N) is 1. The average molecular weight is 458 g/mol. The van der Waals surface area contributed by atoms with Crippen molar-refractivity contribution in [3.63, 3.8) is 0 Å². The number of amides is 2. The Balaban J connectivity index is 1.50. The molecular formula is C23H27N3O5S. The minimum absolute atomic E-state index is 0.130. The quantitative estimate of drug-likeness (QED) is 0.718. The van der Waals surface area contributed by atoms with E-state index in [1.165, 1.54) is 10.4 Å². The Morgan fingerprint density at radius 2 is 2.00 bits per heavy atom. The fourth-order valence-corrected chi connectivity index (χ4v) is 5.81. The first-order chi connectivity index (χ1) is 15.3. The summed E-state index contributed by atoms with van der Waals surface area (Å²) in [5.74, 6) is -0.491. The molecule has 32 heavy (non-hydrogen) atoms. The van der Waals surface area contributed by atoms with Gasteiger partial charge in [0.2, 0.25) is 15.9 Å². The Kier molecular flexibility index (Phi) is 6.21. The summed E-state index contributed by atoms with van der Waals surface area (Å²) < 4.78 is 33.9. The number of sulfonamides is 1. The summed E-state index contributed by atoms with van der Waals surface area (Å²) in [5.41, 5.74) is 1.96. The molecule has 9 heteroatoms. The van der Waals surface area contributed by atoms with Crippen LogP contribution in [0, 0.1) is 12.8 Å². The van der Waals surface area contributed by atoms with E-state index in [1.807, 2.05) is 30.3 Å². The van der Waals surface area contributed by atoms with Gasteiger partial charge in [-0.1, -0.05) is 30.3 Å². The van der Waals surface area contributed by atoms with Crippen LogP contribution in [0.15, 0.2) is 47.4 Å². The Morgan fingerprint density at radius 3 is 2.75 bits per heavy atom. The maximum absolute atomic E-state index is 13.4. The van der Waals surface area contributed by atoms with Crippen LogP contribution < -0.4 is 15.4 Å². The summed E-state index contributed by atoms with van der Waals surface area (Å²) >= 11 is 0. The largest absolute Gasteiger partial charge is 0.479 e. The van der Waals surface area contributed by atoms with E-state index in [0.717, 1.165) is 5.56 Å². The van der Waals surface area contributed by atoms with Gasteiger partial charge in [0, 0.05) is 25.7 Å². The van der Waals surface area contributed by atoms with Crippen molar-refractivity contribution >= 4 is 27.5 Å². The zero-order valence-electron chi connectivity index (χ0n) is 18.1. The molecule has 0 bridgehead atoms. The smallest absolute Gasteiger partial charge is 0.265 e. The normalized spacial score (nSPS) is 21.2. The predicted octanol–water partition coefficient (Wildman–Crippen LogP) is 2.43. The van der Waals surface area contributed by atoms with E-state index >= 15 is 0 Å². The van der Waals surface area contributed by atoms with Gasteiger partial charge in [-0.15, -0.1) is 0 Å². The number of nitrogens with one attached hydrogen (secondary N) is 2. The number of anilines is 1. The highest BCUT2D eigenvalue weighted by atomic mass is 32.2. The molecule has 0 radical (unpaired) electrons. The molecule has 8 nitrogen and oxygen atoms in total. The van der Waals surface area contributed by atoms with Crippen molar-refractivity contribution < 1.29 is 22.7 Å². The second kappa shape index (κ2) is 8.91. The summed E-state index contributed by atoms with van der Waals surface area (Å²) in [7, 11) is -3.83. The highest BCUT2D eigenvalue weighted by Crippen LogP contribution is 2.36. The van der Waals surface area contributed by atoms with Gasteiger partial charge >= 0.3 is 0 Å². The molecular weight excluding hydrogens is 430 g/mol. The zero-order valence-corrected chi connectivity index (χ0v) is 18.9. The number of benzene rings is 2. The van der Waals surface area contributed by atoms with E-state index in [9.17, 15) is 18.0 Å². The van der Waals surface area contributed by atoms with Crippen LogP contribution in [0.4, 0.5) is 5.69 Å². The van der Waals surface area contributed by atoms with Crippen molar-refractivity contribution in [2.75, 3.05) is 18.4 Å². The Morgan fingerprint density at radius 1 is 1.25 bits per heavy atom.